The maximum absolute atomic E-state index is 2.57. The second-order valence-electron chi connectivity index (χ2n) is 5.13. The van der Waals surface area contributed by atoms with E-state index in [2.05, 4.69) is 40.7 Å². The van der Waals surface area contributed by atoms with Crippen LogP contribution in [0.15, 0.2) is 11.6 Å². The maximum Gasteiger partial charge on any atom is -0.00841 e. The van der Waals surface area contributed by atoms with Crippen molar-refractivity contribution in [2.75, 3.05) is 0 Å². The molecule has 0 aromatic carbocycles. The molecule has 1 saturated carbocycles. The van der Waals surface area contributed by atoms with Gasteiger partial charge in [0.1, 0.15) is 0 Å². The van der Waals surface area contributed by atoms with Gasteiger partial charge in [-0.05, 0) is 43.4 Å². The molecule has 0 N–H and O–H groups in total. The van der Waals surface area contributed by atoms with Crippen molar-refractivity contribution in [3.63, 3.8) is 0 Å². The lowest BCUT2D eigenvalue weighted by Crippen LogP contribution is -2.06. The van der Waals surface area contributed by atoms with E-state index >= 15 is 0 Å². The lowest BCUT2D eigenvalue weighted by Gasteiger charge is -2.15. The molecule has 3 unspecified atom stereocenters. The minimum atomic E-state index is 0.593. The van der Waals surface area contributed by atoms with E-state index in [4.69, 9.17) is 0 Å². The van der Waals surface area contributed by atoms with Crippen LogP contribution in [-0.4, -0.2) is 0 Å². The van der Waals surface area contributed by atoms with Gasteiger partial charge in [0.2, 0.25) is 0 Å². The molecule has 0 heterocycles. The molecule has 1 aliphatic carbocycles. The van der Waals surface area contributed by atoms with Gasteiger partial charge in [0, 0.05) is 0 Å². The number of hydrogen-bond donors (Lipinski definition) is 0. The van der Waals surface area contributed by atoms with Crippen LogP contribution >= 0.6 is 0 Å². The van der Waals surface area contributed by atoms with Gasteiger partial charge in [0.25, 0.3) is 0 Å². The zero-order valence-corrected chi connectivity index (χ0v) is 10.6. The van der Waals surface area contributed by atoms with Gasteiger partial charge in [-0.15, -0.1) is 0 Å². The average molecular weight is 194 g/mol. The van der Waals surface area contributed by atoms with Crippen LogP contribution in [0.1, 0.15) is 60.3 Å². The van der Waals surface area contributed by atoms with Gasteiger partial charge in [0.15, 0.2) is 0 Å². The van der Waals surface area contributed by atoms with Gasteiger partial charge in [-0.2, -0.15) is 0 Å². The van der Waals surface area contributed by atoms with E-state index in [0.717, 1.165) is 11.8 Å². The molecule has 0 nitrogen and oxygen atoms in total. The first-order valence-corrected chi connectivity index (χ1v) is 6.28. The Bertz CT molecular complexity index is 214. The Morgan fingerprint density at radius 1 is 1.43 bits per heavy atom. The van der Waals surface area contributed by atoms with Crippen molar-refractivity contribution >= 4 is 0 Å². The van der Waals surface area contributed by atoms with E-state index in [1.54, 1.807) is 5.57 Å². The Morgan fingerprint density at radius 2 is 2.07 bits per heavy atom. The molecule has 1 fully saturated rings. The van der Waals surface area contributed by atoms with Gasteiger partial charge in [0.05, 0.1) is 0 Å². The first-order valence-electron chi connectivity index (χ1n) is 6.28. The largest absolute Gasteiger partial charge is 0.0791 e. The molecule has 1 rings (SSSR count). The standard InChI is InChI=1S/C14H26/c1-6-11(4)9-14(8-3)10-13(14)12(5)7-2/h9,12-13H,6-8,10H2,1-5H3. The highest BCUT2D eigenvalue weighted by atomic mass is 14.6. The van der Waals surface area contributed by atoms with Crippen LogP contribution < -0.4 is 0 Å². The molecule has 82 valence electrons. The van der Waals surface area contributed by atoms with Crippen molar-refractivity contribution in [1.29, 1.82) is 0 Å². The van der Waals surface area contributed by atoms with E-state index in [1.807, 2.05) is 0 Å². The first kappa shape index (κ1) is 11.8. The monoisotopic (exact) mass is 194 g/mol. The van der Waals surface area contributed by atoms with Crippen LogP contribution in [0.25, 0.3) is 0 Å². The molecule has 0 aliphatic heterocycles. The van der Waals surface area contributed by atoms with E-state index in [9.17, 15) is 0 Å². The zero-order chi connectivity index (χ0) is 10.8. The Balaban J connectivity index is 2.65. The second kappa shape index (κ2) is 4.51. The first-order chi connectivity index (χ1) is 6.59. The summed E-state index contributed by atoms with van der Waals surface area (Å²) in [5.74, 6) is 1.88. The highest BCUT2D eigenvalue weighted by molar-refractivity contribution is 5.19. The van der Waals surface area contributed by atoms with Crippen LogP contribution in [0.5, 0.6) is 0 Å². The summed E-state index contributed by atoms with van der Waals surface area (Å²) in [6.45, 7) is 11.6. The molecule has 3 atom stereocenters. The third-order valence-corrected chi connectivity index (χ3v) is 4.26. The predicted octanol–water partition coefficient (Wildman–Crippen LogP) is 4.81. The third-order valence-electron chi connectivity index (χ3n) is 4.26. The summed E-state index contributed by atoms with van der Waals surface area (Å²) in [5.41, 5.74) is 2.17. The van der Waals surface area contributed by atoms with Crippen molar-refractivity contribution < 1.29 is 0 Å². The molecular formula is C14H26. The van der Waals surface area contributed by atoms with Gasteiger partial charge >= 0.3 is 0 Å². The topological polar surface area (TPSA) is 0 Å². The molecule has 0 bridgehead atoms. The highest BCUT2D eigenvalue weighted by Crippen LogP contribution is 2.60. The molecule has 0 amide bonds. The summed E-state index contributed by atoms with van der Waals surface area (Å²) in [6, 6.07) is 0. The Hall–Kier alpha value is -0.260. The summed E-state index contributed by atoms with van der Waals surface area (Å²) >= 11 is 0. The fourth-order valence-corrected chi connectivity index (χ4v) is 2.67. The molecule has 0 radical (unpaired) electrons. The van der Waals surface area contributed by atoms with Crippen molar-refractivity contribution in [3.05, 3.63) is 11.6 Å². The highest BCUT2D eigenvalue weighted by Gasteiger charge is 2.52. The summed E-state index contributed by atoms with van der Waals surface area (Å²) < 4.78 is 0. The van der Waals surface area contributed by atoms with E-state index in [0.29, 0.717) is 5.41 Å². The van der Waals surface area contributed by atoms with E-state index < -0.39 is 0 Å². The Morgan fingerprint density at radius 3 is 2.50 bits per heavy atom. The fraction of sp³-hybridized carbons (Fsp3) is 0.857. The molecule has 14 heavy (non-hydrogen) atoms. The molecular weight excluding hydrogens is 168 g/mol. The number of allylic oxidation sites excluding steroid dienone is 2. The number of hydrogen-bond acceptors (Lipinski definition) is 0. The molecule has 0 spiro atoms. The minimum Gasteiger partial charge on any atom is -0.0791 e. The molecule has 0 aromatic heterocycles. The van der Waals surface area contributed by atoms with Gasteiger partial charge in [-0.1, -0.05) is 45.8 Å². The fourth-order valence-electron chi connectivity index (χ4n) is 2.67. The van der Waals surface area contributed by atoms with Crippen LogP contribution in [0.2, 0.25) is 0 Å². The molecule has 1 aliphatic rings. The zero-order valence-electron chi connectivity index (χ0n) is 10.6. The van der Waals surface area contributed by atoms with Crippen molar-refractivity contribution in [1.82, 2.24) is 0 Å². The number of rotatable bonds is 5. The predicted molar refractivity (Wildman–Crippen MR) is 64.3 cm³/mol. The lowest BCUT2D eigenvalue weighted by molar-refractivity contribution is 0.409. The van der Waals surface area contributed by atoms with Crippen LogP contribution in [0.3, 0.4) is 0 Å². The minimum absolute atomic E-state index is 0.593. The summed E-state index contributed by atoms with van der Waals surface area (Å²) in [6.07, 6.45) is 7.90. The van der Waals surface area contributed by atoms with Gasteiger partial charge < -0.3 is 0 Å². The van der Waals surface area contributed by atoms with Crippen molar-refractivity contribution in [2.45, 2.75) is 60.3 Å². The molecule has 0 heteroatoms. The van der Waals surface area contributed by atoms with Crippen molar-refractivity contribution in [2.24, 2.45) is 17.3 Å². The normalized spacial score (nSPS) is 34.4. The summed E-state index contributed by atoms with van der Waals surface area (Å²) in [7, 11) is 0. The van der Waals surface area contributed by atoms with Gasteiger partial charge in [-0.3, -0.25) is 0 Å². The summed E-state index contributed by atoms with van der Waals surface area (Å²) in [5, 5.41) is 0. The smallest absolute Gasteiger partial charge is 0.00841 e. The summed E-state index contributed by atoms with van der Waals surface area (Å²) in [4.78, 5) is 0. The molecule has 0 aromatic rings. The van der Waals surface area contributed by atoms with Crippen molar-refractivity contribution in [3.8, 4) is 0 Å². The lowest BCUT2D eigenvalue weighted by atomic mass is 9.90. The second-order valence-corrected chi connectivity index (χ2v) is 5.13. The van der Waals surface area contributed by atoms with Crippen LogP contribution in [-0.2, 0) is 0 Å². The average Bonchev–Trinajstić information content (AvgIpc) is 2.92. The Kier molecular flexibility index (Phi) is 3.80. The molecule has 0 saturated heterocycles. The van der Waals surface area contributed by atoms with Crippen LogP contribution in [0.4, 0.5) is 0 Å². The third kappa shape index (κ3) is 2.21. The van der Waals surface area contributed by atoms with Gasteiger partial charge in [-0.25, -0.2) is 0 Å². The SMILES string of the molecule is CCC(C)=CC1(CC)CC1C(C)CC. The van der Waals surface area contributed by atoms with Crippen LogP contribution in [0, 0.1) is 17.3 Å². The quantitative estimate of drug-likeness (QED) is 0.551. The maximum atomic E-state index is 2.57. The van der Waals surface area contributed by atoms with E-state index in [1.165, 1.54) is 25.7 Å². The Labute approximate surface area is 89.8 Å². The van der Waals surface area contributed by atoms with E-state index in [-0.39, 0.29) is 0 Å².